The molecule has 1 aromatic carbocycles. The number of nitrogens with zero attached hydrogens (tertiary/aromatic N) is 2. The molecule has 1 atom stereocenters. The molecule has 2 fully saturated rings. The van der Waals surface area contributed by atoms with E-state index in [1.54, 1.807) is 22.5 Å². The van der Waals surface area contributed by atoms with Crippen LogP contribution in [-0.4, -0.2) is 76.1 Å². The van der Waals surface area contributed by atoms with Gasteiger partial charge in [0.1, 0.15) is 13.2 Å². The van der Waals surface area contributed by atoms with Crippen molar-refractivity contribution in [1.29, 1.82) is 0 Å². The SMILES string of the molecule is O=S(=O)(c1ccc2c(c1)OCCO2)N1CCC(N2CCNCC2)C1. The van der Waals surface area contributed by atoms with E-state index in [4.69, 9.17) is 9.47 Å². The highest BCUT2D eigenvalue weighted by molar-refractivity contribution is 7.89. The topological polar surface area (TPSA) is 71.1 Å². The Morgan fingerprint density at radius 1 is 1.04 bits per heavy atom. The van der Waals surface area contributed by atoms with Gasteiger partial charge in [0.25, 0.3) is 0 Å². The second-order valence-corrected chi connectivity index (χ2v) is 8.33. The normalized spacial score (nSPS) is 25.8. The maximum absolute atomic E-state index is 12.9. The number of fused-ring (bicyclic) bond motifs is 1. The number of rotatable bonds is 3. The minimum atomic E-state index is -3.49. The predicted molar refractivity (Wildman–Crippen MR) is 89.0 cm³/mol. The molecule has 0 amide bonds. The summed E-state index contributed by atoms with van der Waals surface area (Å²) in [4.78, 5) is 2.68. The zero-order valence-corrected chi connectivity index (χ0v) is 14.4. The molecule has 1 unspecified atom stereocenters. The van der Waals surface area contributed by atoms with Crippen molar-refractivity contribution in [1.82, 2.24) is 14.5 Å². The van der Waals surface area contributed by atoms with Crippen LogP contribution in [0.5, 0.6) is 11.5 Å². The zero-order chi connectivity index (χ0) is 16.6. The van der Waals surface area contributed by atoms with Gasteiger partial charge < -0.3 is 14.8 Å². The van der Waals surface area contributed by atoms with Gasteiger partial charge in [0.15, 0.2) is 11.5 Å². The molecule has 2 saturated heterocycles. The number of piperazine rings is 1. The summed E-state index contributed by atoms with van der Waals surface area (Å²) < 4.78 is 38.5. The number of hydrogen-bond donors (Lipinski definition) is 1. The second kappa shape index (κ2) is 6.51. The fraction of sp³-hybridized carbons (Fsp3) is 0.625. The lowest BCUT2D eigenvalue weighted by molar-refractivity contribution is 0.171. The first-order chi connectivity index (χ1) is 11.6. The van der Waals surface area contributed by atoms with Crippen LogP contribution in [-0.2, 0) is 10.0 Å². The average Bonchev–Trinajstić information content (AvgIpc) is 3.13. The van der Waals surface area contributed by atoms with Crippen LogP contribution in [0.1, 0.15) is 6.42 Å². The first-order valence-corrected chi connectivity index (χ1v) is 9.93. The van der Waals surface area contributed by atoms with E-state index in [1.807, 2.05) is 0 Å². The molecule has 0 aromatic heterocycles. The molecule has 3 heterocycles. The van der Waals surface area contributed by atoms with Crippen molar-refractivity contribution in [2.24, 2.45) is 0 Å². The third-order valence-corrected chi connectivity index (χ3v) is 6.81. The molecule has 0 saturated carbocycles. The maximum atomic E-state index is 12.9. The van der Waals surface area contributed by atoms with Crippen LogP contribution in [0.25, 0.3) is 0 Å². The first kappa shape index (κ1) is 16.1. The number of hydrogen-bond acceptors (Lipinski definition) is 6. The quantitative estimate of drug-likeness (QED) is 0.833. The molecule has 3 aliphatic rings. The Bertz CT molecular complexity index is 703. The third kappa shape index (κ3) is 2.99. The summed E-state index contributed by atoms with van der Waals surface area (Å²) in [5.74, 6) is 1.13. The van der Waals surface area contributed by atoms with E-state index in [9.17, 15) is 8.42 Å². The van der Waals surface area contributed by atoms with Gasteiger partial charge in [0.2, 0.25) is 10.0 Å². The predicted octanol–water partition coefficient (Wildman–Crippen LogP) is 0.126. The zero-order valence-electron chi connectivity index (χ0n) is 13.6. The second-order valence-electron chi connectivity index (χ2n) is 6.40. The lowest BCUT2D eigenvalue weighted by Gasteiger charge is -2.32. The van der Waals surface area contributed by atoms with Crippen molar-refractivity contribution >= 4 is 10.0 Å². The van der Waals surface area contributed by atoms with Crippen LogP contribution in [0.3, 0.4) is 0 Å². The highest BCUT2D eigenvalue weighted by atomic mass is 32.2. The Labute approximate surface area is 142 Å². The van der Waals surface area contributed by atoms with Crippen molar-refractivity contribution in [3.05, 3.63) is 18.2 Å². The summed E-state index contributed by atoms with van der Waals surface area (Å²) in [7, 11) is -3.49. The van der Waals surface area contributed by atoms with Crippen LogP contribution >= 0.6 is 0 Å². The average molecular weight is 353 g/mol. The van der Waals surface area contributed by atoms with Gasteiger partial charge in [-0.3, -0.25) is 4.90 Å². The molecule has 24 heavy (non-hydrogen) atoms. The van der Waals surface area contributed by atoms with Gasteiger partial charge in [-0.15, -0.1) is 0 Å². The van der Waals surface area contributed by atoms with E-state index in [-0.39, 0.29) is 4.90 Å². The van der Waals surface area contributed by atoms with E-state index < -0.39 is 10.0 Å². The fourth-order valence-electron chi connectivity index (χ4n) is 3.61. The third-order valence-electron chi connectivity index (χ3n) is 4.95. The summed E-state index contributed by atoms with van der Waals surface area (Å²) in [6, 6.07) is 5.20. The van der Waals surface area contributed by atoms with Crippen molar-refractivity contribution in [2.75, 3.05) is 52.5 Å². The van der Waals surface area contributed by atoms with Gasteiger partial charge in [-0.05, 0) is 18.6 Å². The molecule has 0 bridgehead atoms. The molecule has 8 heteroatoms. The molecule has 7 nitrogen and oxygen atoms in total. The highest BCUT2D eigenvalue weighted by Crippen LogP contribution is 2.34. The molecule has 0 spiro atoms. The summed E-state index contributed by atoms with van der Waals surface area (Å²) in [6.07, 6.45) is 0.893. The Kier molecular flexibility index (Phi) is 4.38. The molecule has 1 N–H and O–H groups in total. The monoisotopic (exact) mass is 353 g/mol. The summed E-state index contributed by atoms with van der Waals surface area (Å²) in [5.41, 5.74) is 0. The minimum Gasteiger partial charge on any atom is -0.486 e. The van der Waals surface area contributed by atoms with Crippen LogP contribution < -0.4 is 14.8 Å². The lowest BCUT2D eigenvalue weighted by Crippen LogP contribution is -2.49. The standard InChI is InChI=1S/C16H23N3O4S/c20-24(21,14-1-2-15-16(11-14)23-10-9-22-15)19-6-3-13(12-19)18-7-4-17-5-8-18/h1-2,11,13,17H,3-10,12H2. The molecule has 0 aliphatic carbocycles. The minimum absolute atomic E-state index is 0.285. The van der Waals surface area contributed by atoms with Crippen LogP contribution in [0.2, 0.25) is 0 Å². The highest BCUT2D eigenvalue weighted by Gasteiger charge is 2.36. The summed E-state index contributed by atoms with van der Waals surface area (Å²) >= 11 is 0. The van der Waals surface area contributed by atoms with Gasteiger partial charge in [0, 0.05) is 51.4 Å². The Morgan fingerprint density at radius 2 is 1.79 bits per heavy atom. The Hall–Kier alpha value is -1.35. The number of ether oxygens (including phenoxy) is 2. The molecule has 3 aliphatic heterocycles. The van der Waals surface area contributed by atoms with E-state index in [1.165, 1.54) is 0 Å². The largest absolute Gasteiger partial charge is 0.486 e. The molecule has 132 valence electrons. The van der Waals surface area contributed by atoms with Crippen molar-refractivity contribution < 1.29 is 17.9 Å². The number of nitrogens with one attached hydrogen (secondary N) is 1. The van der Waals surface area contributed by atoms with E-state index in [2.05, 4.69) is 10.2 Å². The van der Waals surface area contributed by atoms with Crippen LogP contribution in [0.15, 0.2) is 23.1 Å². The molecule has 4 rings (SSSR count). The lowest BCUT2D eigenvalue weighted by atomic mass is 10.2. The van der Waals surface area contributed by atoms with Gasteiger partial charge >= 0.3 is 0 Å². The smallest absolute Gasteiger partial charge is 0.243 e. The molecule has 1 aromatic rings. The van der Waals surface area contributed by atoms with Gasteiger partial charge in [-0.2, -0.15) is 4.31 Å². The Morgan fingerprint density at radius 3 is 2.58 bits per heavy atom. The first-order valence-electron chi connectivity index (χ1n) is 8.49. The van der Waals surface area contributed by atoms with E-state index in [0.29, 0.717) is 43.8 Å². The fourth-order valence-corrected chi connectivity index (χ4v) is 5.12. The van der Waals surface area contributed by atoms with Crippen molar-refractivity contribution in [3.8, 4) is 11.5 Å². The van der Waals surface area contributed by atoms with Gasteiger partial charge in [-0.1, -0.05) is 0 Å². The number of benzene rings is 1. The van der Waals surface area contributed by atoms with Crippen molar-refractivity contribution in [2.45, 2.75) is 17.4 Å². The van der Waals surface area contributed by atoms with Crippen molar-refractivity contribution in [3.63, 3.8) is 0 Å². The summed E-state index contributed by atoms with van der Waals surface area (Å²) in [5, 5.41) is 3.34. The Balaban J connectivity index is 1.51. The van der Waals surface area contributed by atoms with E-state index in [0.717, 1.165) is 32.6 Å². The molecular formula is C16H23N3O4S. The maximum Gasteiger partial charge on any atom is 0.243 e. The van der Waals surface area contributed by atoms with Crippen LogP contribution in [0, 0.1) is 0 Å². The van der Waals surface area contributed by atoms with Gasteiger partial charge in [0.05, 0.1) is 4.90 Å². The van der Waals surface area contributed by atoms with Crippen LogP contribution in [0.4, 0.5) is 0 Å². The summed E-state index contributed by atoms with van der Waals surface area (Å²) in [6.45, 7) is 6.02. The van der Waals surface area contributed by atoms with Gasteiger partial charge in [-0.25, -0.2) is 8.42 Å². The van der Waals surface area contributed by atoms with E-state index >= 15 is 0 Å². The molecular weight excluding hydrogens is 330 g/mol. The molecule has 0 radical (unpaired) electrons. The number of sulfonamides is 1.